The number of benzene rings is 3. The molecule has 1 spiro atoms. The van der Waals surface area contributed by atoms with E-state index in [-0.39, 0.29) is 16.7 Å². The molecule has 0 saturated heterocycles. The van der Waals surface area contributed by atoms with Crippen LogP contribution in [-0.2, 0) is 15.7 Å². The van der Waals surface area contributed by atoms with Crippen LogP contribution in [-0.4, -0.2) is 25.0 Å². The van der Waals surface area contributed by atoms with Gasteiger partial charge < -0.3 is 0 Å². The quantitative estimate of drug-likeness (QED) is 0.647. The van der Waals surface area contributed by atoms with Crippen molar-refractivity contribution in [1.82, 2.24) is 9.73 Å². The number of amides is 1. The molecule has 6 nitrogen and oxygen atoms in total. The largest absolute Gasteiger partial charge is 0.276 e. The molecule has 5 rings (SSSR count). The van der Waals surface area contributed by atoms with Crippen LogP contribution in [0.15, 0.2) is 88.9 Å². The normalized spacial score (nSPS) is 23.6. The van der Waals surface area contributed by atoms with Gasteiger partial charge in [-0.05, 0) is 37.1 Å². The van der Waals surface area contributed by atoms with Crippen LogP contribution >= 0.6 is 0 Å². The number of aryl methyl sites for hydroxylation is 1. The Balaban J connectivity index is 1.74. The van der Waals surface area contributed by atoms with Crippen molar-refractivity contribution in [3.8, 4) is 0 Å². The van der Waals surface area contributed by atoms with Gasteiger partial charge in [0.05, 0.1) is 10.6 Å². The Labute approximate surface area is 187 Å². The van der Waals surface area contributed by atoms with E-state index in [9.17, 15) is 13.2 Å². The minimum absolute atomic E-state index is 0.187. The molecule has 0 aliphatic carbocycles. The highest BCUT2D eigenvalue weighted by Gasteiger charge is 2.57. The Morgan fingerprint density at radius 1 is 1.00 bits per heavy atom. The molecular weight excluding hydrogens is 422 g/mol. The third-order valence-electron chi connectivity index (χ3n) is 6.24. The van der Waals surface area contributed by atoms with E-state index < -0.39 is 15.7 Å². The molecule has 3 aromatic rings. The lowest BCUT2D eigenvalue weighted by atomic mass is 9.81. The summed E-state index contributed by atoms with van der Waals surface area (Å²) < 4.78 is 28.9. The van der Waals surface area contributed by atoms with Gasteiger partial charge in [0.1, 0.15) is 0 Å². The van der Waals surface area contributed by atoms with E-state index in [1.807, 2.05) is 44.2 Å². The van der Waals surface area contributed by atoms with E-state index in [0.717, 1.165) is 16.8 Å². The van der Waals surface area contributed by atoms with Gasteiger partial charge in [-0.15, -0.1) is 0 Å². The zero-order chi connectivity index (χ0) is 22.5. The van der Waals surface area contributed by atoms with Crippen molar-refractivity contribution in [2.24, 2.45) is 11.0 Å². The number of hydrogen-bond acceptors (Lipinski definition) is 4. The summed E-state index contributed by atoms with van der Waals surface area (Å²) in [4.78, 5) is 13.9. The molecule has 0 fully saturated rings. The number of fused-ring (bicyclic) bond motifs is 2. The number of carbonyl (C=O) groups excluding carboxylic acids is 1. The third-order valence-corrected chi connectivity index (χ3v) is 7.76. The molecule has 2 aliphatic rings. The number of nitrogens with zero attached hydrogens (tertiary/aromatic N) is 2. The van der Waals surface area contributed by atoms with Gasteiger partial charge in [0.25, 0.3) is 5.91 Å². The molecule has 0 bridgehead atoms. The average Bonchev–Trinajstić information content (AvgIpc) is 3.04. The van der Waals surface area contributed by atoms with Crippen molar-refractivity contribution in [2.45, 2.75) is 30.8 Å². The lowest BCUT2D eigenvalue weighted by molar-refractivity contribution is 0.0168. The SMILES string of the molecule is Cc1ccc(C2=NN(C(=O)c3ccccc3)[C@@]3(NS(=O)(=O)c4ccccc43)[C@@H](C)C2)cc1. The number of nitrogens with one attached hydrogen (secondary N) is 1. The summed E-state index contributed by atoms with van der Waals surface area (Å²) in [6.07, 6.45) is 0.512. The summed E-state index contributed by atoms with van der Waals surface area (Å²) in [6.45, 7) is 3.97. The second kappa shape index (κ2) is 7.39. The van der Waals surface area contributed by atoms with Crippen molar-refractivity contribution in [3.05, 3.63) is 101 Å². The smallest absolute Gasteiger partial charge is 0.267 e. The standard InChI is InChI=1S/C25H23N3O3S/c1-17-12-14-19(15-13-17)22-16-18(2)25(21-10-6-7-11-23(21)32(30,31)27-25)28(26-22)24(29)20-8-4-3-5-9-20/h3-15,18,27H,16H2,1-2H3/t18-,25-/m0/s1. The van der Waals surface area contributed by atoms with Gasteiger partial charge in [0.15, 0.2) is 5.66 Å². The summed E-state index contributed by atoms with van der Waals surface area (Å²) in [5.74, 6) is -0.622. The third kappa shape index (κ3) is 3.08. The Bertz CT molecular complexity index is 1330. The summed E-state index contributed by atoms with van der Waals surface area (Å²) in [5, 5.41) is 6.12. The summed E-state index contributed by atoms with van der Waals surface area (Å²) in [5.41, 5.74) is 2.48. The molecule has 2 atom stereocenters. The van der Waals surface area contributed by atoms with Crippen molar-refractivity contribution in [1.29, 1.82) is 0 Å². The molecule has 0 radical (unpaired) electrons. The first kappa shape index (κ1) is 20.6. The van der Waals surface area contributed by atoms with Crippen LogP contribution in [0.4, 0.5) is 0 Å². The van der Waals surface area contributed by atoms with Crippen LogP contribution in [0.1, 0.15) is 40.4 Å². The molecule has 0 saturated carbocycles. The molecule has 1 amide bonds. The molecular formula is C25H23N3O3S. The summed E-state index contributed by atoms with van der Waals surface area (Å²) >= 11 is 0. The zero-order valence-corrected chi connectivity index (χ0v) is 18.6. The van der Waals surface area contributed by atoms with Gasteiger partial charge in [0, 0.05) is 17.0 Å². The van der Waals surface area contributed by atoms with Gasteiger partial charge in [-0.3, -0.25) is 4.79 Å². The molecule has 32 heavy (non-hydrogen) atoms. The Morgan fingerprint density at radius 3 is 2.38 bits per heavy atom. The van der Waals surface area contributed by atoms with Gasteiger partial charge in [0.2, 0.25) is 10.0 Å². The molecule has 7 heteroatoms. The van der Waals surface area contributed by atoms with Crippen LogP contribution in [0.25, 0.3) is 0 Å². The first-order chi connectivity index (χ1) is 15.3. The monoisotopic (exact) mass is 445 g/mol. The maximum absolute atomic E-state index is 13.7. The molecule has 162 valence electrons. The zero-order valence-electron chi connectivity index (χ0n) is 17.8. The van der Waals surface area contributed by atoms with E-state index in [0.29, 0.717) is 17.5 Å². The van der Waals surface area contributed by atoms with E-state index in [2.05, 4.69) is 4.72 Å². The van der Waals surface area contributed by atoms with Crippen LogP contribution in [0.5, 0.6) is 0 Å². The fraction of sp³-hybridized carbons (Fsp3) is 0.200. The van der Waals surface area contributed by atoms with E-state index >= 15 is 0 Å². The topological polar surface area (TPSA) is 78.8 Å². The van der Waals surface area contributed by atoms with Crippen molar-refractivity contribution >= 4 is 21.6 Å². The van der Waals surface area contributed by atoms with E-state index in [1.54, 1.807) is 48.5 Å². The second-order valence-electron chi connectivity index (χ2n) is 8.37. The fourth-order valence-electron chi connectivity index (χ4n) is 4.57. The highest BCUT2D eigenvalue weighted by atomic mass is 32.2. The maximum atomic E-state index is 13.7. The number of rotatable bonds is 2. The van der Waals surface area contributed by atoms with E-state index in [4.69, 9.17) is 5.10 Å². The number of hydrazone groups is 1. The number of sulfonamides is 1. The maximum Gasteiger partial charge on any atom is 0.276 e. The van der Waals surface area contributed by atoms with Gasteiger partial charge in [-0.25, -0.2) is 13.4 Å². The molecule has 0 aromatic heterocycles. The average molecular weight is 446 g/mol. The molecule has 0 unspecified atom stereocenters. The molecule has 3 aromatic carbocycles. The van der Waals surface area contributed by atoms with Crippen LogP contribution in [0, 0.1) is 12.8 Å². The Kier molecular flexibility index (Phi) is 4.76. The minimum atomic E-state index is -3.80. The lowest BCUT2D eigenvalue weighted by Gasteiger charge is -2.45. The van der Waals surface area contributed by atoms with Crippen LogP contribution in [0.2, 0.25) is 0 Å². The lowest BCUT2D eigenvalue weighted by Crippen LogP contribution is -2.60. The first-order valence-electron chi connectivity index (χ1n) is 10.5. The predicted molar refractivity (Wildman–Crippen MR) is 123 cm³/mol. The van der Waals surface area contributed by atoms with Gasteiger partial charge in [-0.2, -0.15) is 9.82 Å². The van der Waals surface area contributed by atoms with Gasteiger partial charge in [-0.1, -0.05) is 73.2 Å². The van der Waals surface area contributed by atoms with Crippen LogP contribution in [0.3, 0.4) is 0 Å². The highest BCUT2D eigenvalue weighted by Crippen LogP contribution is 2.47. The van der Waals surface area contributed by atoms with Gasteiger partial charge >= 0.3 is 0 Å². The van der Waals surface area contributed by atoms with Crippen molar-refractivity contribution < 1.29 is 13.2 Å². The first-order valence-corrected chi connectivity index (χ1v) is 12.0. The van der Waals surface area contributed by atoms with E-state index in [1.165, 1.54) is 5.01 Å². The molecule has 1 N–H and O–H groups in total. The Morgan fingerprint density at radius 2 is 1.66 bits per heavy atom. The molecule has 2 heterocycles. The highest BCUT2D eigenvalue weighted by molar-refractivity contribution is 7.89. The number of hydrogen-bond donors (Lipinski definition) is 1. The predicted octanol–water partition coefficient (Wildman–Crippen LogP) is 4.03. The Hall–Kier alpha value is -3.29. The summed E-state index contributed by atoms with van der Waals surface area (Å²) in [6, 6.07) is 23.6. The second-order valence-corrected chi connectivity index (χ2v) is 10.0. The number of carbonyl (C=O) groups is 1. The van der Waals surface area contributed by atoms with Crippen molar-refractivity contribution in [2.75, 3.05) is 0 Å². The fourth-order valence-corrected chi connectivity index (χ4v) is 6.26. The minimum Gasteiger partial charge on any atom is -0.267 e. The summed E-state index contributed by atoms with van der Waals surface area (Å²) in [7, 11) is -3.80. The molecule has 2 aliphatic heterocycles. The van der Waals surface area contributed by atoms with Crippen molar-refractivity contribution in [3.63, 3.8) is 0 Å². The van der Waals surface area contributed by atoms with Crippen LogP contribution < -0.4 is 4.72 Å².